The maximum Gasteiger partial charge on any atom is 0.272 e. The fourth-order valence-corrected chi connectivity index (χ4v) is 1.38. The van der Waals surface area contributed by atoms with Crippen LogP contribution in [0, 0.1) is 15.9 Å². The van der Waals surface area contributed by atoms with E-state index in [2.05, 4.69) is 27.8 Å². The van der Waals surface area contributed by atoms with Crippen molar-refractivity contribution in [3.63, 3.8) is 0 Å². The molecule has 0 aromatic heterocycles. The first-order valence-electron chi connectivity index (χ1n) is 4.47. The average Bonchev–Trinajstić information content (AvgIpc) is 2.16. The molecule has 1 N–H and O–H groups in total. The zero-order chi connectivity index (χ0) is 12.1. The van der Waals surface area contributed by atoms with Gasteiger partial charge in [0.05, 0.1) is 11.0 Å². The van der Waals surface area contributed by atoms with Crippen LogP contribution >= 0.6 is 15.9 Å². The molecule has 4 nitrogen and oxygen atoms in total. The summed E-state index contributed by atoms with van der Waals surface area (Å²) in [5, 5.41) is 13.4. The molecule has 1 aromatic rings. The molecular weight excluding hydrogens is 279 g/mol. The summed E-state index contributed by atoms with van der Waals surface area (Å²) in [6.07, 6.45) is 0. The second-order valence-electron chi connectivity index (χ2n) is 3.20. The lowest BCUT2D eigenvalue weighted by molar-refractivity contribution is -0.385. The molecule has 6 heteroatoms. The smallest absolute Gasteiger partial charge is 0.272 e. The van der Waals surface area contributed by atoms with Gasteiger partial charge in [-0.1, -0.05) is 22.5 Å². The van der Waals surface area contributed by atoms with Gasteiger partial charge in [-0.15, -0.1) is 0 Å². The van der Waals surface area contributed by atoms with Gasteiger partial charge >= 0.3 is 0 Å². The first kappa shape index (κ1) is 12.8. The third kappa shape index (κ3) is 4.08. The van der Waals surface area contributed by atoms with Crippen molar-refractivity contribution in [1.82, 2.24) is 5.32 Å². The van der Waals surface area contributed by atoms with Crippen LogP contribution in [0.15, 0.2) is 29.3 Å². The van der Waals surface area contributed by atoms with Crippen molar-refractivity contribution in [2.45, 2.75) is 6.54 Å². The summed E-state index contributed by atoms with van der Waals surface area (Å²) in [4.78, 5) is 9.87. The van der Waals surface area contributed by atoms with Gasteiger partial charge in [0.15, 0.2) is 0 Å². The Morgan fingerprint density at radius 1 is 1.56 bits per heavy atom. The Hall–Kier alpha value is -1.27. The molecule has 0 bridgehead atoms. The van der Waals surface area contributed by atoms with E-state index < -0.39 is 10.7 Å². The van der Waals surface area contributed by atoms with E-state index in [0.29, 0.717) is 18.7 Å². The molecule has 86 valence electrons. The maximum atomic E-state index is 13.0. The highest BCUT2D eigenvalue weighted by molar-refractivity contribution is 9.11. The van der Waals surface area contributed by atoms with Crippen molar-refractivity contribution in [1.29, 1.82) is 0 Å². The summed E-state index contributed by atoms with van der Waals surface area (Å²) in [6.45, 7) is 4.49. The molecule has 1 aromatic carbocycles. The molecule has 0 radical (unpaired) electrons. The van der Waals surface area contributed by atoms with E-state index in [1.165, 1.54) is 12.1 Å². The minimum Gasteiger partial charge on any atom is -0.308 e. The van der Waals surface area contributed by atoms with E-state index in [1.807, 2.05) is 0 Å². The van der Waals surface area contributed by atoms with E-state index in [9.17, 15) is 14.5 Å². The number of rotatable bonds is 5. The van der Waals surface area contributed by atoms with Gasteiger partial charge in [-0.25, -0.2) is 4.39 Å². The van der Waals surface area contributed by atoms with Crippen molar-refractivity contribution in [3.05, 3.63) is 50.8 Å². The number of hydrogen-bond donors (Lipinski definition) is 1. The van der Waals surface area contributed by atoms with E-state index >= 15 is 0 Å². The predicted molar refractivity (Wildman–Crippen MR) is 62.8 cm³/mol. The molecule has 0 unspecified atom stereocenters. The third-order valence-electron chi connectivity index (χ3n) is 1.80. The molecule has 0 amide bonds. The first-order valence-corrected chi connectivity index (χ1v) is 5.26. The Morgan fingerprint density at radius 3 is 2.81 bits per heavy atom. The topological polar surface area (TPSA) is 55.2 Å². The number of halogens is 2. The quantitative estimate of drug-likeness (QED) is 0.670. The van der Waals surface area contributed by atoms with Crippen LogP contribution in [0.5, 0.6) is 0 Å². The summed E-state index contributed by atoms with van der Waals surface area (Å²) in [5.74, 6) is -0.608. The van der Waals surface area contributed by atoms with Gasteiger partial charge in [-0.05, 0) is 11.6 Å². The van der Waals surface area contributed by atoms with Crippen molar-refractivity contribution in [3.8, 4) is 0 Å². The van der Waals surface area contributed by atoms with Crippen LogP contribution in [0.1, 0.15) is 5.56 Å². The molecule has 0 fully saturated rings. The SMILES string of the molecule is C=C(Br)CNCc1cc(F)cc([N+](=O)[O-])c1. The summed E-state index contributed by atoms with van der Waals surface area (Å²) in [6, 6.07) is 3.50. The molecule has 0 heterocycles. The second-order valence-corrected chi connectivity index (χ2v) is 4.32. The number of benzene rings is 1. The van der Waals surface area contributed by atoms with Crippen LogP contribution in [0.4, 0.5) is 10.1 Å². The molecule has 0 aliphatic rings. The van der Waals surface area contributed by atoms with Crippen LogP contribution < -0.4 is 5.32 Å². The van der Waals surface area contributed by atoms with Gasteiger partial charge in [-0.2, -0.15) is 0 Å². The van der Waals surface area contributed by atoms with Gasteiger partial charge in [-0.3, -0.25) is 10.1 Å². The average molecular weight is 289 g/mol. The zero-order valence-corrected chi connectivity index (χ0v) is 9.96. The normalized spacial score (nSPS) is 10.1. The highest BCUT2D eigenvalue weighted by Crippen LogP contribution is 2.16. The summed E-state index contributed by atoms with van der Waals surface area (Å²) >= 11 is 3.16. The molecule has 0 aliphatic heterocycles. The number of non-ortho nitro benzene ring substituents is 1. The van der Waals surface area contributed by atoms with Crippen LogP contribution in [-0.2, 0) is 6.54 Å². The van der Waals surface area contributed by atoms with Crippen LogP contribution in [0.25, 0.3) is 0 Å². The standard InChI is InChI=1S/C10H10BrFN2O2/c1-7(11)5-13-6-8-2-9(12)4-10(3-8)14(15)16/h2-4,13H,1,5-6H2. The molecular formula is C10H10BrFN2O2. The first-order chi connectivity index (χ1) is 7.49. The van der Waals surface area contributed by atoms with E-state index in [0.717, 1.165) is 10.5 Å². The van der Waals surface area contributed by atoms with Gasteiger partial charge in [0, 0.05) is 23.6 Å². The van der Waals surface area contributed by atoms with Gasteiger partial charge in [0.1, 0.15) is 5.82 Å². The molecule has 0 aliphatic carbocycles. The summed E-state index contributed by atoms with van der Waals surface area (Å²) in [7, 11) is 0. The number of nitro groups is 1. The molecule has 1 rings (SSSR count). The van der Waals surface area contributed by atoms with Crippen LogP contribution in [-0.4, -0.2) is 11.5 Å². The fourth-order valence-electron chi connectivity index (χ4n) is 1.18. The monoisotopic (exact) mass is 288 g/mol. The predicted octanol–water partition coefficient (Wildman–Crippen LogP) is 2.73. The van der Waals surface area contributed by atoms with E-state index in [1.54, 1.807) is 0 Å². The molecule has 0 spiro atoms. The van der Waals surface area contributed by atoms with Crippen molar-refractivity contribution >= 4 is 21.6 Å². The minimum absolute atomic E-state index is 0.241. The molecule has 0 saturated heterocycles. The van der Waals surface area contributed by atoms with Crippen LogP contribution in [0.2, 0.25) is 0 Å². The maximum absolute atomic E-state index is 13.0. The zero-order valence-electron chi connectivity index (χ0n) is 8.37. The van der Waals surface area contributed by atoms with Gasteiger partial charge in [0.25, 0.3) is 5.69 Å². The Balaban J connectivity index is 2.72. The Bertz CT molecular complexity index is 423. The highest BCUT2D eigenvalue weighted by Gasteiger charge is 2.09. The minimum atomic E-state index is -0.615. The van der Waals surface area contributed by atoms with Crippen LogP contribution in [0.3, 0.4) is 0 Å². The third-order valence-corrected chi connectivity index (χ3v) is 2.08. The number of nitro benzene ring substituents is 1. The highest BCUT2D eigenvalue weighted by atomic mass is 79.9. The lowest BCUT2D eigenvalue weighted by atomic mass is 10.2. The Morgan fingerprint density at radius 2 is 2.25 bits per heavy atom. The molecule has 16 heavy (non-hydrogen) atoms. The summed E-state index contributed by atoms with van der Waals surface area (Å²) in [5.41, 5.74) is 0.287. The molecule has 0 atom stereocenters. The lowest BCUT2D eigenvalue weighted by Crippen LogP contribution is -2.14. The fraction of sp³-hybridized carbons (Fsp3) is 0.200. The lowest BCUT2D eigenvalue weighted by Gasteiger charge is -2.04. The van der Waals surface area contributed by atoms with Crippen molar-refractivity contribution in [2.24, 2.45) is 0 Å². The van der Waals surface area contributed by atoms with Crippen molar-refractivity contribution in [2.75, 3.05) is 6.54 Å². The van der Waals surface area contributed by atoms with E-state index in [-0.39, 0.29) is 5.69 Å². The summed E-state index contributed by atoms with van der Waals surface area (Å²) < 4.78 is 13.8. The Kier molecular flexibility index (Phi) is 4.57. The number of hydrogen-bond acceptors (Lipinski definition) is 3. The van der Waals surface area contributed by atoms with Gasteiger partial charge < -0.3 is 5.32 Å². The molecule has 0 saturated carbocycles. The number of nitrogens with zero attached hydrogens (tertiary/aromatic N) is 1. The number of nitrogens with one attached hydrogen (secondary N) is 1. The second kappa shape index (κ2) is 5.72. The Labute approximate surface area is 100 Å². The van der Waals surface area contributed by atoms with Crippen molar-refractivity contribution < 1.29 is 9.31 Å². The van der Waals surface area contributed by atoms with E-state index in [4.69, 9.17) is 0 Å². The largest absolute Gasteiger partial charge is 0.308 e. The van der Waals surface area contributed by atoms with Gasteiger partial charge in [0.2, 0.25) is 0 Å².